The van der Waals surface area contributed by atoms with Crippen molar-refractivity contribution in [1.82, 2.24) is 0 Å². The van der Waals surface area contributed by atoms with Gasteiger partial charge in [0.2, 0.25) is 0 Å². The summed E-state index contributed by atoms with van der Waals surface area (Å²) < 4.78 is 0. The minimum absolute atomic E-state index is 0.00231. The number of carbonyl (C=O) groups excluding carboxylic acids is 3. The zero-order chi connectivity index (χ0) is 32.3. The predicted octanol–water partition coefficient (Wildman–Crippen LogP) is 6.51. The lowest BCUT2D eigenvalue weighted by atomic mass is 9.61. The summed E-state index contributed by atoms with van der Waals surface area (Å²) in [6.07, 6.45) is 0. The Morgan fingerprint density at radius 1 is 0.474 bits per heavy atom. The highest BCUT2D eigenvalue weighted by Crippen LogP contribution is 2.45. The van der Waals surface area contributed by atoms with Gasteiger partial charge in [0.1, 0.15) is 11.6 Å². The van der Waals surface area contributed by atoms with Gasteiger partial charge in [-0.2, -0.15) is 0 Å². The van der Waals surface area contributed by atoms with E-state index in [1.807, 2.05) is 62.3 Å². The lowest BCUT2D eigenvalue weighted by molar-refractivity contribution is -0.178. The first-order valence-electron chi connectivity index (χ1n) is 13.2. The van der Waals surface area contributed by atoms with E-state index in [1.165, 1.54) is 13.8 Å². The Morgan fingerprint density at radius 3 is 0.816 bits per heavy atom. The number of aliphatic hydroxyl groups is 2. The van der Waals surface area contributed by atoms with Crippen LogP contribution in [0.2, 0.25) is 0 Å². The molecule has 0 aliphatic heterocycles. The summed E-state index contributed by atoms with van der Waals surface area (Å²) in [4.78, 5) is 45.2. The van der Waals surface area contributed by atoms with Gasteiger partial charge in [-0.1, -0.05) is 76.2 Å². The molecule has 0 unspecified atom stereocenters. The number of aliphatic carboxylic acids is 1. The zero-order valence-electron chi connectivity index (χ0n) is 28.0. The maximum absolute atomic E-state index is 11.7. The summed E-state index contributed by atoms with van der Waals surface area (Å²) in [6.45, 7) is 33.1. The standard InChI is InChI=1S/C11H22O2.C10H20O3.C10H18O2/c1-8(12)10(5,6)11(7,13)9(2,3)4;1-8(2,3)10(6,13)9(4,5)7(11)12;1-7(11)10(5,6)8(12)9(2,3)4/h13H,1-7H3;13H,1-6H3,(H,11,12);1-6H3/t11-;10-;/m11./s1. The summed E-state index contributed by atoms with van der Waals surface area (Å²) in [5, 5.41) is 29.5. The summed E-state index contributed by atoms with van der Waals surface area (Å²) in [6, 6.07) is 0. The molecule has 0 bridgehead atoms. The van der Waals surface area contributed by atoms with Crippen molar-refractivity contribution in [3.63, 3.8) is 0 Å². The third-order valence-electron chi connectivity index (χ3n) is 8.90. The summed E-state index contributed by atoms with van der Waals surface area (Å²) in [7, 11) is 0. The van der Waals surface area contributed by atoms with Gasteiger partial charge in [0, 0.05) is 5.41 Å². The van der Waals surface area contributed by atoms with E-state index in [1.54, 1.807) is 55.4 Å². The molecule has 0 aromatic rings. The predicted molar refractivity (Wildman–Crippen MR) is 155 cm³/mol. The highest BCUT2D eigenvalue weighted by molar-refractivity contribution is 6.07. The van der Waals surface area contributed by atoms with Crippen molar-refractivity contribution >= 4 is 23.3 Å². The molecule has 7 nitrogen and oxygen atoms in total. The molecule has 0 aromatic carbocycles. The Hall–Kier alpha value is -1.60. The molecule has 38 heavy (non-hydrogen) atoms. The van der Waals surface area contributed by atoms with Crippen molar-refractivity contribution in [2.24, 2.45) is 32.5 Å². The topological polar surface area (TPSA) is 129 Å². The molecule has 226 valence electrons. The quantitative estimate of drug-likeness (QED) is 0.325. The first kappa shape index (κ1) is 40.9. The van der Waals surface area contributed by atoms with Crippen LogP contribution in [0.1, 0.15) is 132 Å². The fourth-order valence-electron chi connectivity index (χ4n) is 3.52. The van der Waals surface area contributed by atoms with E-state index in [9.17, 15) is 29.4 Å². The Labute approximate surface area is 233 Å². The largest absolute Gasteiger partial charge is 0.481 e. The third kappa shape index (κ3) is 9.25. The number of carboxylic acid groups (broad SMARTS) is 1. The average molecular weight is 545 g/mol. The van der Waals surface area contributed by atoms with Crippen molar-refractivity contribution in [2.45, 2.75) is 143 Å². The van der Waals surface area contributed by atoms with Crippen LogP contribution in [0.25, 0.3) is 0 Å². The summed E-state index contributed by atoms with van der Waals surface area (Å²) in [5.41, 5.74) is -6.13. The smallest absolute Gasteiger partial charge is 0.312 e. The average Bonchev–Trinajstić information content (AvgIpc) is 2.65. The van der Waals surface area contributed by atoms with E-state index < -0.39 is 44.2 Å². The number of hydrogen-bond donors (Lipinski definition) is 3. The molecule has 0 saturated carbocycles. The maximum atomic E-state index is 11.7. The van der Waals surface area contributed by atoms with Crippen LogP contribution in [0.5, 0.6) is 0 Å². The third-order valence-corrected chi connectivity index (χ3v) is 8.90. The Bertz CT molecular complexity index is 802. The van der Waals surface area contributed by atoms with E-state index in [4.69, 9.17) is 5.11 Å². The van der Waals surface area contributed by atoms with Gasteiger partial charge in [-0.3, -0.25) is 19.2 Å². The minimum atomic E-state index is -1.24. The number of carboxylic acids is 1. The zero-order valence-corrected chi connectivity index (χ0v) is 28.0. The molecule has 7 heteroatoms. The fraction of sp³-hybridized carbons (Fsp3) is 0.871. The van der Waals surface area contributed by atoms with Gasteiger partial charge in [-0.15, -0.1) is 0 Å². The van der Waals surface area contributed by atoms with Gasteiger partial charge >= 0.3 is 5.97 Å². The summed E-state index contributed by atoms with van der Waals surface area (Å²) >= 11 is 0. The SMILES string of the molecule is CC(=O)C(C)(C)C(=O)C(C)(C)C.CC(=O)C(C)(C)[C@](C)(O)C(C)(C)C.CC(C)(C)[C@@](C)(O)C(C)(C)C(=O)O. The van der Waals surface area contributed by atoms with Crippen LogP contribution in [0.4, 0.5) is 0 Å². The van der Waals surface area contributed by atoms with Crippen molar-refractivity contribution in [3.8, 4) is 0 Å². The fourth-order valence-corrected chi connectivity index (χ4v) is 3.52. The van der Waals surface area contributed by atoms with E-state index in [0.29, 0.717) is 0 Å². The van der Waals surface area contributed by atoms with Crippen LogP contribution in [0.15, 0.2) is 0 Å². The molecule has 0 fully saturated rings. The molecule has 0 aliphatic carbocycles. The molecular formula is C31H60O7. The second kappa shape index (κ2) is 12.3. The van der Waals surface area contributed by atoms with Crippen molar-refractivity contribution in [2.75, 3.05) is 0 Å². The molecule has 0 amide bonds. The Morgan fingerprint density at radius 2 is 0.737 bits per heavy atom. The number of hydrogen-bond acceptors (Lipinski definition) is 6. The Kier molecular flexibility index (Phi) is 13.2. The highest BCUT2D eigenvalue weighted by atomic mass is 16.4. The summed E-state index contributed by atoms with van der Waals surface area (Å²) in [5.74, 6) is -1.02. The van der Waals surface area contributed by atoms with Gasteiger partial charge < -0.3 is 15.3 Å². The van der Waals surface area contributed by atoms with Crippen LogP contribution in [0, 0.1) is 32.5 Å². The monoisotopic (exact) mass is 544 g/mol. The second-order valence-corrected chi connectivity index (χ2v) is 15.5. The molecule has 0 saturated heterocycles. The van der Waals surface area contributed by atoms with Crippen LogP contribution in [0.3, 0.4) is 0 Å². The van der Waals surface area contributed by atoms with Gasteiger partial charge in [0.05, 0.1) is 27.4 Å². The molecule has 2 atom stereocenters. The molecule has 0 rings (SSSR count). The van der Waals surface area contributed by atoms with Gasteiger partial charge in [0.15, 0.2) is 5.78 Å². The number of Topliss-reactive ketones (excluding diaryl/α,β-unsaturated/α-hetero) is 3. The number of carbonyl (C=O) groups is 4. The molecule has 0 spiro atoms. The van der Waals surface area contributed by atoms with Crippen molar-refractivity contribution in [1.29, 1.82) is 0 Å². The molecule has 0 aromatic heterocycles. The van der Waals surface area contributed by atoms with Crippen molar-refractivity contribution in [3.05, 3.63) is 0 Å². The first-order valence-corrected chi connectivity index (χ1v) is 13.2. The molecule has 3 N–H and O–H groups in total. The second-order valence-electron chi connectivity index (χ2n) is 15.5. The van der Waals surface area contributed by atoms with E-state index in [2.05, 4.69) is 0 Å². The van der Waals surface area contributed by atoms with E-state index >= 15 is 0 Å². The van der Waals surface area contributed by atoms with Crippen LogP contribution < -0.4 is 0 Å². The van der Waals surface area contributed by atoms with E-state index in [0.717, 1.165) is 0 Å². The number of ketones is 3. The van der Waals surface area contributed by atoms with Gasteiger partial charge in [-0.25, -0.2) is 0 Å². The molecule has 0 aliphatic rings. The van der Waals surface area contributed by atoms with Crippen LogP contribution in [-0.4, -0.2) is 49.8 Å². The molecular weight excluding hydrogens is 484 g/mol. The first-order chi connectivity index (χ1) is 16.0. The van der Waals surface area contributed by atoms with Gasteiger partial charge in [0.25, 0.3) is 0 Å². The lowest BCUT2D eigenvalue weighted by Crippen LogP contribution is -2.55. The molecule has 0 radical (unpaired) electrons. The van der Waals surface area contributed by atoms with E-state index in [-0.39, 0.29) is 22.8 Å². The maximum Gasteiger partial charge on any atom is 0.312 e. The van der Waals surface area contributed by atoms with Gasteiger partial charge in [-0.05, 0) is 66.2 Å². The highest BCUT2D eigenvalue weighted by Gasteiger charge is 2.52. The van der Waals surface area contributed by atoms with Crippen LogP contribution in [-0.2, 0) is 19.2 Å². The normalized spacial score (nSPS) is 16.4. The minimum Gasteiger partial charge on any atom is -0.481 e. The number of rotatable bonds is 6. The molecule has 0 heterocycles. The van der Waals surface area contributed by atoms with Crippen LogP contribution >= 0.6 is 0 Å². The van der Waals surface area contributed by atoms with Crippen molar-refractivity contribution < 1.29 is 34.5 Å². The Balaban J connectivity index is -0.000000484. The lowest BCUT2D eigenvalue weighted by Gasteiger charge is -2.47.